The zero-order valence-corrected chi connectivity index (χ0v) is 12.3. The second-order valence-corrected chi connectivity index (χ2v) is 5.41. The molecule has 0 atom stereocenters. The van der Waals surface area contributed by atoms with Crippen molar-refractivity contribution in [3.63, 3.8) is 0 Å². The van der Waals surface area contributed by atoms with Gasteiger partial charge in [0.1, 0.15) is 28.1 Å². The van der Waals surface area contributed by atoms with E-state index in [1.54, 1.807) is 0 Å². The molecule has 0 saturated carbocycles. The number of phenolic OH excluding ortho intramolecular Hbond substituents is 2. The van der Waals surface area contributed by atoms with Crippen LogP contribution >= 0.6 is 0 Å². The van der Waals surface area contributed by atoms with Gasteiger partial charge in [-0.3, -0.25) is 4.79 Å². The first-order valence-electron chi connectivity index (χ1n) is 7.03. The number of phenols is 2. The molecule has 0 unspecified atom stereocenters. The van der Waals surface area contributed by atoms with Crippen LogP contribution in [0.15, 0.2) is 44.0 Å². The summed E-state index contributed by atoms with van der Waals surface area (Å²) in [6.07, 6.45) is 0. The Kier molecular flexibility index (Phi) is 2.86. The van der Waals surface area contributed by atoms with Crippen molar-refractivity contribution in [2.45, 2.75) is 0 Å². The third-order valence-corrected chi connectivity index (χ3v) is 3.84. The number of hydrogen-bond donors (Lipinski definition) is 5. The average molecular weight is 342 g/mol. The number of fused-ring (bicyclic) bond motifs is 2. The van der Waals surface area contributed by atoms with Crippen LogP contribution < -0.4 is 5.43 Å². The van der Waals surface area contributed by atoms with Gasteiger partial charge in [-0.15, -0.1) is 0 Å². The lowest BCUT2D eigenvalue weighted by Crippen LogP contribution is -2.02. The molecular weight excluding hydrogens is 332 g/mol. The smallest absolute Gasteiger partial charge is 0.327 e. The summed E-state index contributed by atoms with van der Waals surface area (Å²) in [4.78, 5) is 12.3. The number of furan rings is 1. The summed E-state index contributed by atoms with van der Waals surface area (Å²) in [5.41, 5.74) is -0.673. The summed E-state index contributed by atoms with van der Waals surface area (Å²) in [6, 6.07) is 6.28. The maximum absolute atomic E-state index is 12.3. The van der Waals surface area contributed by atoms with E-state index in [0.717, 1.165) is 12.1 Å². The molecule has 5 N–H and O–H groups in total. The van der Waals surface area contributed by atoms with Crippen LogP contribution in [0.4, 0.5) is 0 Å². The van der Waals surface area contributed by atoms with Crippen molar-refractivity contribution >= 4 is 21.9 Å². The number of aromatic hydroxyl groups is 5. The van der Waals surface area contributed by atoms with E-state index in [4.69, 9.17) is 8.83 Å². The SMILES string of the molecule is O=c1c(O)c(-c2ccc3c(O)c(O)oc3c2)oc2cc(O)cc(O)c12. The van der Waals surface area contributed by atoms with Crippen LogP contribution in [-0.4, -0.2) is 25.5 Å². The minimum absolute atomic E-state index is 0.105. The molecule has 0 bridgehead atoms. The summed E-state index contributed by atoms with van der Waals surface area (Å²) in [5.74, 6) is -2.90. The molecule has 0 amide bonds. The Morgan fingerprint density at radius 2 is 1.56 bits per heavy atom. The molecule has 126 valence electrons. The van der Waals surface area contributed by atoms with E-state index < -0.39 is 28.6 Å². The van der Waals surface area contributed by atoms with E-state index in [2.05, 4.69) is 0 Å². The van der Waals surface area contributed by atoms with Gasteiger partial charge in [0.05, 0.1) is 5.39 Å². The van der Waals surface area contributed by atoms with E-state index in [0.29, 0.717) is 0 Å². The van der Waals surface area contributed by atoms with Crippen LogP contribution in [-0.2, 0) is 0 Å². The zero-order chi connectivity index (χ0) is 17.9. The van der Waals surface area contributed by atoms with Crippen molar-refractivity contribution in [2.75, 3.05) is 0 Å². The predicted octanol–water partition coefficient (Wildman–Crippen LogP) is 2.73. The van der Waals surface area contributed by atoms with Crippen molar-refractivity contribution in [3.05, 3.63) is 40.6 Å². The van der Waals surface area contributed by atoms with Crippen LogP contribution in [0.5, 0.6) is 28.9 Å². The van der Waals surface area contributed by atoms with Crippen molar-refractivity contribution in [1.82, 2.24) is 0 Å². The highest BCUT2D eigenvalue weighted by atomic mass is 16.5. The van der Waals surface area contributed by atoms with Crippen LogP contribution in [0.2, 0.25) is 0 Å². The monoisotopic (exact) mass is 342 g/mol. The van der Waals surface area contributed by atoms with Gasteiger partial charge < -0.3 is 34.4 Å². The first kappa shape index (κ1) is 14.8. The highest BCUT2D eigenvalue weighted by Gasteiger charge is 2.20. The summed E-state index contributed by atoms with van der Waals surface area (Å²) >= 11 is 0. The standard InChI is InChI=1S/C17H10O8/c18-7-4-9(19)12-11(5-7)24-16(15(22)14(12)21)6-1-2-8-10(3-6)25-17(23)13(8)20/h1-5,18-20,22-23H. The van der Waals surface area contributed by atoms with Gasteiger partial charge in [0.2, 0.25) is 16.9 Å². The van der Waals surface area contributed by atoms with Crippen molar-refractivity contribution in [1.29, 1.82) is 0 Å². The average Bonchev–Trinajstić information content (AvgIpc) is 2.84. The topological polar surface area (TPSA) is 144 Å². The number of benzene rings is 2. The largest absolute Gasteiger partial charge is 0.508 e. The lowest BCUT2D eigenvalue weighted by Gasteiger charge is -2.07. The van der Waals surface area contributed by atoms with Crippen molar-refractivity contribution in [2.24, 2.45) is 0 Å². The Labute approximate surface area is 138 Å². The number of rotatable bonds is 1. The van der Waals surface area contributed by atoms with Gasteiger partial charge in [0.15, 0.2) is 5.76 Å². The van der Waals surface area contributed by atoms with Crippen LogP contribution in [0.3, 0.4) is 0 Å². The van der Waals surface area contributed by atoms with Gasteiger partial charge in [-0.1, -0.05) is 6.07 Å². The van der Waals surface area contributed by atoms with Gasteiger partial charge in [-0.2, -0.15) is 0 Å². The molecule has 0 aliphatic rings. The van der Waals surface area contributed by atoms with Crippen LogP contribution in [0.1, 0.15) is 0 Å². The molecule has 2 heterocycles. The zero-order valence-electron chi connectivity index (χ0n) is 12.3. The molecular formula is C17H10O8. The molecule has 0 spiro atoms. The first-order chi connectivity index (χ1) is 11.9. The molecule has 25 heavy (non-hydrogen) atoms. The highest BCUT2D eigenvalue weighted by Crippen LogP contribution is 2.40. The Hall–Kier alpha value is -3.81. The minimum Gasteiger partial charge on any atom is -0.508 e. The Morgan fingerprint density at radius 1 is 0.800 bits per heavy atom. The molecule has 0 radical (unpaired) electrons. The fourth-order valence-electron chi connectivity index (χ4n) is 2.68. The van der Waals surface area contributed by atoms with E-state index in [1.807, 2.05) is 0 Å². The van der Waals surface area contributed by atoms with Crippen LogP contribution in [0.25, 0.3) is 33.3 Å². The van der Waals surface area contributed by atoms with E-state index in [9.17, 15) is 30.3 Å². The lowest BCUT2D eigenvalue weighted by atomic mass is 10.1. The number of hydrogen-bond acceptors (Lipinski definition) is 8. The van der Waals surface area contributed by atoms with Gasteiger partial charge in [0, 0.05) is 17.7 Å². The van der Waals surface area contributed by atoms with Gasteiger partial charge in [-0.25, -0.2) is 0 Å². The molecule has 2 aromatic carbocycles. The first-order valence-corrected chi connectivity index (χ1v) is 7.03. The molecule has 8 nitrogen and oxygen atoms in total. The maximum Gasteiger partial charge on any atom is 0.327 e. The van der Waals surface area contributed by atoms with Crippen molar-refractivity contribution < 1.29 is 34.4 Å². The van der Waals surface area contributed by atoms with Crippen molar-refractivity contribution in [3.8, 4) is 40.3 Å². The Balaban J connectivity index is 2.04. The fourth-order valence-corrected chi connectivity index (χ4v) is 2.68. The van der Waals surface area contributed by atoms with E-state index in [1.165, 1.54) is 18.2 Å². The third kappa shape index (κ3) is 2.04. The van der Waals surface area contributed by atoms with Gasteiger partial charge in [-0.05, 0) is 12.1 Å². The van der Waals surface area contributed by atoms with E-state index in [-0.39, 0.29) is 39.0 Å². The predicted molar refractivity (Wildman–Crippen MR) is 86.0 cm³/mol. The molecule has 4 rings (SSSR count). The molecule has 0 saturated heterocycles. The highest BCUT2D eigenvalue weighted by molar-refractivity contribution is 5.92. The summed E-state index contributed by atoms with van der Waals surface area (Å²) in [6.45, 7) is 0. The normalized spacial score (nSPS) is 11.4. The molecule has 0 fully saturated rings. The molecule has 4 aromatic rings. The fraction of sp³-hybridized carbons (Fsp3) is 0. The molecule has 2 aromatic heterocycles. The molecule has 8 heteroatoms. The minimum atomic E-state index is -0.876. The Bertz CT molecular complexity index is 1220. The summed E-state index contributed by atoms with van der Waals surface area (Å²) in [5, 5.41) is 48.5. The van der Waals surface area contributed by atoms with Crippen LogP contribution in [0, 0.1) is 0 Å². The van der Waals surface area contributed by atoms with Gasteiger partial charge in [0.25, 0.3) is 0 Å². The maximum atomic E-state index is 12.3. The summed E-state index contributed by atoms with van der Waals surface area (Å²) in [7, 11) is 0. The third-order valence-electron chi connectivity index (χ3n) is 3.84. The quantitative estimate of drug-likeness (QED) is 0.355. The lowest BCUT2D eigenvalue weighted by molar-refractivity contribution is 0.316. The molecule has 0 aliphatic carbocycles. The second kappa shape index (κ2) is 4.84. The van der Waals surface area contributed by atoms with E-state index >= 15 is 0 Å². The second-order valence-electron chi connectivity index (χ2n) is 5.41. The molecule has 0 aliphatic heterocycles. The van der Waals surface area contributed by atoms with Gasteiger partial charge >= 0.3 is 5.95 Å². The summed E-state index contributed by atoms with van der Waals surface area (Å²) < 4.78 is 10.5. The Morgan fingerprint density at radius 3 is 2.32 bits per heavy atom.